The highest BCUT2D eigenvalue weighted by atomic mass is 16.5. The van der Waals surface area contributed by atoms with Crippen LogP contribution in [0.15, 0.2) is 24.3 Å². The quantitative estimate of drug-likeness (QED) is 0.148. The first-order chi connectivity index (χ1) is 17.4. The molecule has 37 heavy (non-hydrogen) atoms. The van der Waals surface area contributed by atoms with Crippen LogP contribution in [0.2, 0.25) is 0 Å². The maximum Gasteiger partial charge on any atom is 0.311 e. The number of rotatable bonds is 14. The molecular weight excluding hydrogens is 476 g/mol. The van der Waals surface area contributed by atoms with Crippen molar-refractivity contribution in [2.24, 2.45) is 0 Å². The van der Waals surface area contributed by atoms with Crippen molar-refractivity contribution in [3.05, 3.63) is 46.5 Å². The maximum atomic E-state index is 12.4. The number of esters is 1. The molecule has 2 aromatic rings. The van der Waals surface area contributed by atoms with E-state index in [1.165, 1.54) is 19.2 Å². The van der Waals surface area contributed by atoms with Crippen molar-refractivity contribution in [1.82, 2.24) is 0 Å². The van der Waals surface area contributed by atoms with Crippen LogP contribution >= 0.6 is 0 Å². The molecule has 0 aromatic heterocycles. The van der Waals surface area contributed by atoms with Gasteiger partial charge in [0.05, 0.1) is 18.2 Å². The van der Waals surface area contributed by atoms with Crippen LogP contribution in [-0.4, -0.2) is 42.2 Å². The number of hydrogen-bond donors (Lipinski definition) is 2. The predicted octanol–water partition coefficient (Wildman–Crippen LogP) is 5.43. The Morgan fingerprint density at radius 2 is 1.32 bits per heavy atom. The lowest BCUT2D eigenvalue weighted by Crippen LogP contribution is -2.30. The molecule has 0 spiro atoms. The van der Waals surface area contributed by atoms with E-state index in [0.717, 1.165) is 12.7 Å². The van der Waals surface area contributed by atoms with Crippen molar-refractivity contribution in [2.75, 3.05) is 7.11 Å². The highest BCUT2D eigenvalue weighted by Crippen LogP contribution is 2.46. The van der Waals surface area contributed by atoms with E-state index in [1.54, 1.807) is 12.1 Å². The SMILES string of the molecule is COc1cc(C=O)c(O)c(C(C)(C)CC(C)(C)c2cc(OC(=O)CCCCCC=O)cc(C=O)c2O)c1. The van der Waals surface area contributed by atoms with Crippen molar-refractivity contribution < 1.29 is 38.9 Å². The number of phenolic OH excluding ortho intramolecular Hbond substituents is 2. The first-order valence-electron chi connectivity index (χ1n) is 12.2. The van der Waals surface area contributed by atoms with Gasteiger partial charge in [-0.25, -0.2) is 0 Å². The minimum absolute atomic E-state index is 0.00960. The zero-order valence-electron chi connectivity index (χ0n) is 22.1. The van der Waals surface area contributed by atoms with Crippen molar-refractivity contribution in [3.63, 3.8) is 0 Å². The number of benzene rings is 2. The lowest BCUT2D eigenvalue weighted by molar-refractivity contribution is -0.134. The van der Waals surface area contributed by atoms with E-state index in [9.17, 15) is 29.4 Å². The van der Waals surface area contributed by atoms with Crippen molar-refractivity contribution in [2.45, 2.75) is 77.0 Å². The highest BCUT2D eigenvalue weighted by Gasteiger charge is 2.36. The van der Waals surface area contributed by atoms with Gasteiger partial charge in [0.15, 0.2) is 12.6 Å². The Morgan fingerprint density at radius 3 is 1.81 bits per heavy atom. The summed E-state index contributed by atoms with van der Waals surface area (Å²) in [5, 5.41) is 21.6. The highest BCUT2D eigenvalue weighted by molar-refractivity contribution is 5.83. The summed E-state index contributed by atoms with van der Waals surface area (Å²) < 4.78 is 10.8. The first kappa shape index (κ1) is 29.5. The number of phenols is 2. The Balaban J connectivity index is 2.38. The van der Waals surface area contributed by atoms with E-state index in [-0.39, 0.29) is 34.8 Å². The third-order valence-electron chi connectivity index (χ3n) is 6.49. The molecule has 0 unspecified atom stereocenters. The molecule has 0 fully saturated rings. The molecule has 2 aromatic carbocycles. The number of aldehydes is 3. The summed E-state index contributed by atoms with van der Waals surface area (Å²) in [4.78, 5) is 46.0. The molecule has 0 saturated carbocycles. The van der Waals surface area contributed by atoms with E-state index < -0.39 is 16.8 Å². The van der Waals surface area contributed by atoms with Crippen molar-refractivity contribution in [3.8, 4) is 23.0 Å². The van der Waals surface area contributed by atoms with Gasteiger partial charge in [-0.05, 0) is 54.4 Å². The van der Waals surface area contributed by atoms with Crippen LogP contribution in [0.1, 0.15) is 98.1 Å². The van der Waals surface area contributed by atoms with Crippen LogP contribution in [0.4, 0.5) is 0 Å². The van der Waals surface area contributed by atoms with Gasteiger partial charge in [0.2, 0.25) is 0 Å². The molecule has 0 aliphatic carbocycles. The average Bonchev–Trinajstić information content (AvgIpc) is 2.84. The molecule has 0 aliphatic heterocycles. The Labute approximate surface area is 217 Å². The monoisotopic (exact) mass is 512 g/mol. The number of ether oxygens (including phenoxy) is 2. The molecule has 2 N–H and O–H groups in total. The lowest BCUT2D eigenvalue weighted by Gasteiger charge is -2.37. The van der Waals surface area contributed by atoms with E-state index in [0.29, 0.717) is 55.1 Å². The van der Waals surface area contributed by atoms with Gasteiger partial charge in [-0.15, -0.1) is 0 Å². The molecule has 2 rings (SSSR count). The standard InChI is InChI=1S/C29H36O8/c1-28(2,23-14-21(36-5)12-19(16-31)26(23)34)18-29(3,4)24-15-22(13-20(17-32)27(24)35)37-25(33)10-8-6-7-9-11-30/h11-17,34-35H,6-10,18H2,1-5H3. The van der Waals surface area contributed by atoms with Crippen LogP contribution < -0.4 is 9.47 Å². The van der Waals surface area contributed by atoms with E-state index in [1.807, 2.05) is 27.7 Å². The molecule has 8 heteroatoms. The summed E-state index contributed by atoms with van der Waals surface area (Å²) in [6.45, 7) is 7.53. The van der Waals surface area contributed by atoms with Crippen molar-refractivity contribution in [1.29, 1.82) is 0 Å². The molecular formula is C29H36O8. The fourth-order valence-electron chi connectivity index (χ4n) is 4.80. The van der Waals surface area contributed by atoms with Crippen LogP contribution in [0.3, 0.4) is 0 Å². The van der Waals surface area contributed by atoms with Gasteiger partial charge in [-0.1, -0.05) is 34.1 Å². The van der Waals surface area contributed by atoms with Gasteiger partial charge in [-0.2, -0.15) is 0 Å². The summed E-state index contributed by atoms with van der Waals surface area (Å²) in [5.74, 6) is -0.267. The normalized spacial score (nSPS) is 11.6. The first-order valence-corrected chi connectivity index (χ1v) is 12.2. The lowest BCUT2D eigenvalue weighted by atomic mass is 9.67. The number of carbonyl (C=O) groups excluding carboxylic acids is 4. The van der Waals surface area contributed by atoms with Gasteiger partial charge < -0.3 is 24.5 Å². The van der Waals surface area contributed by atoms with Gasteiger partial charge in [0, 0.05) is 24.0 Å². The topological polar surface area (TPSA) is 127 Å². The second kappa shape index (κ2) is 12.5. The van der Waals surface area contributed by atoms with E-state index >= 15 is 0 Å². The molecule has 0 saturated heterocycles. The largest absolute Gasteiger partial charge is 0.507 e. The second-order valence-electron chi connectivity index (χ2n) is 10.4. The molecule has 0 bridgehead atoms. The third kappa shape index (κ3) is 7.41. The zero-order valence-corrected chi connectivity index (χ0v) is 22.1. The molecule has 0 atom stereocenters. The maximum absolute atomic E-state index is 12.4. The van der Waals surface area contributed by atoms with Crippen LogP contribution in [0, 0.1) is 0 Å². The average molecular weight is 513 g/mol. The number of unbranched alkanes of at least 4 members (excludes halogenated alkanes) is 3. The Kier molecular flexibility index (Phi) is 10.00. The number of aromatic hydroxyl groups is 2. The fraction of sp³-hybridized carbons (Fsp3) is 0.448. The number of methoxy groups -OCH3 is 1. The minimum Gasteiger partial charge on any atom is -0.507 e. The smallest absolute Gasteiger partial charge is 0.311 e. The van der Waals surface area contributed by atoms with Crippen LogP contribution in [0.25, 0.3) is 0 Å². The molecule has 200 valence electrons. The summed E-state index contributed by atoms with van der Waals surface area (Å²) in [5.41, 5.74) is -0.483. The summed E-state index contributed by atoms with van der Waals surface area (Å²) in [7, 11) is 1.47. The van der Waals surface area contributed by atoms with Gasteiger partial charge in [0.25, 0.3) is 0 Å². The van der Waals surface area contributed by atoms with Crippen LogP contribution in [0.5, 0.6) is 23.0 Å². The van der Waals surface area contributed by atoms with Gasteiger partial charge in [0.1, 0.15) is 29.3 Å². The predicted molar refractivity (Wildman–Crippen MR) is 139 cm³/mol. The molecule has 0 amide bonds. The third-order valence-corrected chi connectivity index (χ3v) is 6.49. The van der Waals surface area contributed by atoms with Gasteiger partial charge in [-0.3, -0.25) is 14.4 Å². The van der Waals surface area contributed by atoms with Crippen LogP contribution in [-0.2, 0) is 20.4 Å². The molecule has 8 nitrogen and oxygen atoms in total. The minimum atomic E-state index is -0.764. The zero-order chi connectivity index (χ0) is 27.8. The Morgan fingerprint density at radius 1 is 0.811 bits per heavy atom. The number of hydrogen-bond acceptors (Lipinski definition) is 8. The molecule has 0 aliphatic rings. The van der Waals surface area contributed by atoms with E-state index in [4.69, 9.17) is 9.47 Å². The summed E-state index contributed by atoms with van der Waals surface area (Å²) in [6, 6.07) is 5.99. The Bertz CT molecular complexity index is 1150. The molecule has 0 heterocycles. The summed E-state index contributed by atoms with van der Waals surface area (Å²) in [6.07, 6.45) is 4.90. The molecule has 0 radical (unpaired) electrons. The van der Waals surface area contributed by atoms with E-state index in [2.05, 4.69) is 0 Å². The Hall–Kier alpha value is -3.68. The van der Waals surface area contributed by atoms with Gasteiger partial charge >= 0.3 is 5.97 Å². The van der Waals surface area contributed by atoms with Crippen molar-refractivity contribution >= 4 is 24.8 Å². The second-order valence-corrected chi connectivity index (χ2v) is 10.4. The number of carbonyl (C=O) groups is 4. The fourth-order valence-corrected chi connectivity index (χ4v) is 4.80. The summed E-state index contributed by atoms with van der Waals surface area (Å²) >= 11 is 0.